The smallest absolute Gasteiger partial charge is 0.243 e. The molecule has 0 saturated heterocycles. The van der Waals surface area contributed by atoms with Crippen LogP contribution < -0.4 is 5.73 Å². The maximum atomic E-state index is 12.4. The van der Waals surface area contributed by atoms with Crippen molar-refractivity contribution >= 4 is 33.0 Å². The molecule has 0 unspecified atom stereocenters. The quantitative estimate of drug-likeness (QED) is 0.916. The number of benzene rings is 1. The summed E-state index contributed by atoms with van der Waals surface area (Å²) in [6, 6.07) is 8.82. The van der Waals surface area contributed by atoms with Gasteiger partial charge in [0.2, 0.25) is 10.0 Å². The van der Waals surface area contributed by atoms with Crippen LogP contribution >= 0.6 is 22.9 Å². The lowest BCUT2D eigenvalue weighted by Crippen LogP contribution is -2.26. The second-order valence-corrected chi connectivity index (χ2v) is 7.75. The summed E-state index contributed by atoms with van der Waals surface area (Å²) in [7, 11) is -1.97. The van der Waals surface area contributed by atoms with Gasteiger partial charge in [0.05, 0.1) is 4.90 Å². The van der Waals surface area contributed by atoms with Gasteiger partial charge in [-0.15, -0.1) is 11.3 Å². The van der Waals surface area contributed by atoms with Crippen LogP contribution in [0.5, 0.6) is 0 Å². The average molecular weight is 331 g/mol. The SMILES string of the molecule is CN(Cc1ccccc1Cl)S(=O)(=O)c1csc(CN)c1. The number of nitrogens with two attached hydrogens (primary N) is 1. The topological polar surface area (TPSA) is 63.4 Å². The van der Waals surface area contributed by atoms with Crippen molar-refractivity contribution in [3.63, 3.8) is 0 Å². The number of hydrogen-bond donors (Lipinski definition) is 1. The Labute approximate surface area is 127 Å². The summed E-state index contributed by atoms with van der Waals surface area (Å²) in [6.07, 6.45) is 0. The summed E-state index contributed by atoms with van der Waals surface area (Å²) in [5, 5.41) is 2.17. The molecule has 0 aliphatic carbocycles. The molecule has 1 heterocycles. The molecule has 0 fully saturated rings. The van der Waals surface area contributed by atoms with Crippen molar-refractivity contribution in [2.45, 2.75) is 18.0 Å². The van der Waals surface area contributed by atoms with Crippen LogP contribution in [0.3, 0.4) is 0 Å². The maximum Gasteiger partial charge on any atom is 0.243 e. The van der Waals surface area contributed by atoms with E-state index < -0.39 is 10.0 Å². The van der Waals surface area contributed by atoms with Crippen LogP contribution in [-0.4, -0.2) is 19.8 Å². The van der Waals surface area contributed by atoms with Gasteiger partial charge >= 0.3 is 0 Å². The Kier molecular flexibility index (Phi) is 4.82. The fourth-order valence-corrected chi connectivity index (χ4v) is 4.22. The molecule has 108 valence electrons. The van der Waals surface area contributed by atoms with E-state index in [9.17, 15) is 8.42 Å². The summed E-state index contributed by atoms with van der Waals surface area (Å²) in [6.45, 7) is 0.574. The molecular formula is C13H15ClN2O2S2. The zero-order chi connectivity index (χ0) is 14.8. The molecule has 0 radical (unpaired) electrons. The predicted molar refractivity (Wildman–Crippen MR) is 82.3 cm³/mol. The largest absolute Gasteiger partial charge is 0.326 e. The molecule has 2 rings (SSSR count). The maximum absolute atomic E-state index is 12.4. The van der Waals surface area contributed by atoms with Gasteiger partial charge in [-0.05, 0) is 17.7 Å². The van der Waals surface area contributed by atoms with Crippen LogP contribution in [0.1, 0.15) is 10.4 Å². The first-order chi connectivity index (χ1) is 9.45. The van der Waals surface area contributed by atoms with E-state index in [0.29, 0.717) is 11.6 Å². The van der Waals surface area contributed by atoms with Crippen LogP contribution in [0.2, 0.25) is 5.02 Å². The second kappa shape index (κ2) is 6.24. The van der Waals surface area contributed by atoms with E-state index in [0.717, 1.165) is 10.4 Å². The minimum absolute atomic E-state index is 0.232. The molecule has 0 spiro atoms. The molecule has 0 aliphatic heterocycles. The second-order valence-electron chi connectivity index (χ2n) is 4.31. The summed E-state index contributed by atoms with van der Waals surface area (Å²) < 4.78 is 26.1. The van der Waals surface area contributed by atoms with Crippen molar-refractivity contribution in [3.05, 3.63) is 51.2 Å². The molecule has 1 aromatic heterocycles. The molecule has 20 heavy (non-hydrogen) atoms. The van der Waals surface area contributed by atoms with E-state index in [2.05, 4.69) is 0 Å². The van der Waals surface area contributed by atoms with Crippen LogP contribution in [-0.2, 0) is 23.1 Å². The molecular weight excluding hydrogens is 316 g/mol. The normalized spacial score (nSPS) is 12.0. The predicted octanol–water partition coefficient (Wildman–Crippen LogP) is 2.68. The van der Waals surface area contributed by atoms with Gasteiger partial charge < -0.3 is 5.73 Å². The lowest BCUT2D eigenvalue weighted by Gasteiger charge is -2.17. The molecule has 4 nitrogen and oxygen atoms in total. The third-order valence-corrected chi connectivity index (χ3v) is 6.15. The number of halogens is 1. The Morgan fingerprint density at radius 1 is 1.35 bits per heavy atom. The zero-order valence-corrected chi connectivity index (χ0v) is 13.3. The minimum Gasteiger partial charge on any atom is -0.326 e. The molecule has 1 aromatic carbocycles. The van der Waals surface area contributed by atoms with Crippen molar-refractivity contribution < 1.29 is 8.42 Å². The number of sulfonamides is 1. The van der Waals surface area contributed by atoms with Crippen molar-refractivity contribution in [2.24, 2.45) is 5.73 Å². The first kappa shape index (κ1) is 15.5. The highest BCUT2D eigenvalue weighted by molar-refractivity contribution is 7.89. The molecule has 0 aliphatic rings. The van der Waals surface area contributed by atoms with Crippen molar-refractivity contribution in [1.82, 2.24) is 4.31 Å². The third-order valence-electron chi connectivity index (χ3n) is 2.89. The lowest BCUT2D eigenvalue weighted by atomic mass is 10.2. The Morgan fingerprint density at radius 2 is 2.05 bits per heavy atom. The van der Waals surface area contributed by atoms with Crippen molar-refractivity contribution in [3.8, 4) is 0 Å². The van der Waals surface area contributed by atoms with E-state index in [4.69, 9.17) is 17.3 Å². The van der Waals surface area contributed by atoms with E-state index in [-0.39, 0.29) is 11.4 Å². The van der Waals surface area contributed by atoms with Crippen LogP contribution in [0.15, 0.2) is 40.6 Å². The average Bonchev–Trinajstić information content (AvgIpc) is 2.90. The first-order valence-corrected chi connectivity index (χ1v) is 8.62. The fourth-order valence-electron chi connectivity index (χ4n) is 1.73. The van der Waals surface area contributed by atoms with E-state index in [1.165, 1.54) is 15.6 Å². The van der Waals surface area contributed by atoms with Gasteiger partial charge in [-0.25, -0.2) is 8.42 Å². The van der Waals surface area contributed by atoms with Crippen molar-refractivity contribution in [1.29, 1.82) is 0 Å². The number of thiophene rings is 1. The van der Waals surface area contributed by atoms with Crippen molar-refractivity contribution in [2.75, 3.05) is 7.05 Å². The number of rotatable bonds is 5. The van der Waals surface area contributed by atoms with E-state index in [1.54, 1.807) is 24.6 Å². The van der Waals surface area contributed by atoms with Crippen LogP contribution in [0, 0.1) is 0 Å². The Hall–Kier alpha value is -0.920. The molecule has 2 N–H and O–H groups in total. The summed E-state index contributed by atoms with van der Waals surface area (Å²) in [5.74, 6) is 0. The molecule has 0 amide bonds. The van der Waals surface area contributed by atoms with Gasteiger partial charge in [-0.1, -0.05) is 29.8 Å². The van der Waals surface area contributed by atoms with Gasteiger partial charge in [-0.2, -0.15) is 4.31 Å². The Balaban J connectivity index is 2.23. The van der Waals surface area contributed by atoms with Gasteiger partial charge in [-0.3, -0.25) is 0 Å². The summed E-state index contributed by atoms with van der Waals surface area (Å²) in [5.41, 5.74) is 6.28. The van der Waals surface area contributed by atoms with Gasteiger partial charge in [0.25, 0.3) is 0 Å². The zero-order valence-electron chi connectivity index (χ0n) is 10.9. The summed E-state index contributed by atoms with van der Waals surface area (Å²) in [4.78, 5) is 1.12. The molecule has 2 aromatic rings. The first-order valence-electron chi connectivity index (χ1n) is 5.92. The van der Waals surface area contributed by atoms with Gasteiger partial charge in [0.15, 0.2) is 0 Å². The highest BCUT2D eigenvalue weighted by Gasteiger charge is 2.22. The highest BCUT2D eigenvalue weighted by Crippen LogP contribution is 2.24. The minimum atomic E-state index is -3.51. The number of nitrogens with zero attached hydrogens (tertiary/aromatic N) is 1. The van der Waals surface area contributed by atoms with Crippen LogP contribution in [0.4, 0.5) is 0 Å². The summed E-state index contributed by atoms with van der Waals surface area (Å²) >= 11 is 7.40. The van der Waals surface area contributed by atoms with E-state index in [1.807, 2.05) is 18.2 Å². The molecule has 7 heteroatoms. The molecule has 0 atom stereocenters. The highest BCUT2D eigenvalue weighted by atomic mass is 35.5. The van der Waals surface area contributed by atoms with E-state index >= 15 is 0 Å². The fraction of sp³-hybridized carbons (Fsp3) is 0.231. The lowest BCUT2D eigenvalue weighted by molar-refractivity contribution is 0.467. The number of hydrogen-bond acceptors (Lipinski definition) is 4. The molecule has 0 bridgehead atoms. The monoisotopic (exact) mass is 330 g/mol. The van der Waals surface area contributed by atoms with Gasteiger partial charge in [0.1, 0.15) is 0 Å². The Morgan fingerprint density at radius 3 is 2.65 bits per heavy atom. The van der Waals surface area contributed by atoms with Gasteiger partial charge in [0, 0.05) is 35.4 Å². The Bertz CT molecular complexity index is 698. The third kappa shape index (κ3) is 3.21. The molecule has 0 saturated carbocycles. The standard InChI is InChI=1S/C13H15ClN2O2S2/c1-16(8-10-4-2-3-5-13(10)14)20(17,18)12-6-11(7-15)19-9-12/h2-6,9H,7-8,15H2,1H3. The van der Waals surface area contributed by atoms with Crippen LogP contribution in [0.25, 0.3) is 0 Å².